The highest BCUT2D eigenvalue weighted by atomic mass is 35.5. The minimum Gasteiger partial charge on any atom is -0.444 e. The Kier molecular flexibility index (Phi) is 47.9. The third-order valence-corrected chi connectivity index (χ3v) is 22.0. The van der Waals surface area contributed by atoms with Gasteiger partial charge in [0.2, 0.25) is 0 Å². The van der Waals surface area contributed by atoms with Crippen molar-refractivity contribution in [2.45, 2.75) is 223 Å². The van der Waals surface area contributed by atoms with Gasteiger partial charge < -0.3 is 92.0 Å². The lowest BCUT2D eigenvalue weighted by Crippen LogP contribution is -2.42. The SMILES string of the molecule is CB(O)O.CC(C)(C)OC(=O)N1CCC(CN)CC1.CC(C)(C)OC(=O)N1CCC(CNc2cc(Cl)nnc2Cl)CC1.Cc1nnc(Cl)cc1Cl.Cc1nnc(Cl)cc1NCC1CCN(C(=O)OC(C)(C)C)CC1.Cc1nnc(Nc2cnc(C#N)cn2)cc1NCC1CCCCC1.Cc1nnc(Nc2cnc(C#N)cn2)cc1NCC1CCN(C(=O)OC(C)(C)C)CC1.N#Cc1cnc(N)cn1. The van der Waals surface area contributed by atoms with E-state index >= 15 is 0 Å². The average Bonchev–Trinajstić information content (AvgIpc) is 0.849. The van der Waals surface area contributed by atoms with Crippen LogP contribution in [-0.4, -0.2) is 250 Å². The molecule has 1 aliphatic carbocycles. The number of halogens is 5. The average molecular weight is 2010 g/mol. The summed E-state index contributed by atoms with van der Waals surface area (Å²) in [6.45, 7) is 41.2. The number of aryl methyl sites for hydroxylation is 4. The standard InChI is InChI=1S/C21H28N8O2.C17H21N7.C16H25ClN4O2.C15H22Cl2N4O2.C11H22N2O2.C5H4Cl2N2.C5H4N4.CH5BO2/c1-14-17(9-18(28-27-14)26-19-13-23-16(10-22)12-25-19)24-11-15-5-7-29(8-6-15)20(30)31-21(2,3)4;1-12-15(20-9-13-5-3-2-4-6-13)7-16(24-23-12)22-17-11-19-14(8-18)10-21-17;1-11-13(9-14(17)20-19-11)18-10-12-5-7-21(8-6-12)15(22)23-16(2,3)4;1-15(2,3)23-14(22)21-6-4-10(5-7-21)9-18-11-8-12(16)19-20-13(11)17;1-11(2,3)15-10(14)13-6-4-9(8-12)5-7-13;1-3-4(6)2-5(7)9-8-3;6-1-4-2-9-5(7)3-8-4;1-2(3)4/h9,12-13,15H,5-8,11H2,1-4H3,(H2,24,25,26,28);7,10-11,13H,2-6,9H2,1H3,(H2,20,21,22,24);9,12H,5-8,10H2,1-4H3,(H,18,20);8,10H,4-7,9H2,1-3H3,(H,18,19);9H,4-8,12H2,1-3H3;2H,1H3;2-3H,(H2,7,9);3-4H,1H3. The Labute approximate surface area is 833 Å². The molecule has 138 heavy (non-hydrogen) atoms. The Morgan fingerprint density at radius 1 is 0.391 bits per heavy atom. The number of nitriles is 3. The first-order valence-electron chi connectivity index (χ1n) is 45.6. The fourth-order valence-corrected chi connectivity index (χ4v) is 14.3. The summed E-state index contributed by atoms with van der Waals surface area (Å²) in [5.41, 5.74) is 16.5. The van der Waals surface area contributed by atoms with Gasteiger partial charge in [-0.15, -0.1) is 30.6 Å². The highest BCUT2D eigenvalue weighted by molar-refractivity contribution is 6.39. The van der Waals surface area contributed by atoms with Crippen LogP contribution in [0.15, 0.2) is 67.5 Å². The van der Waals surface area contributed by atoms with Gasteiger partial charge in [0.05, 0.1) is 87.7 Å². The number of aromatic nitrogens is 16. The van der Waals surface area contributed by atoms with Crippen LogP contribution in [0.5, 0.6) is 0 Å². The molecule has 12 N–H and O–H groups in total. The highest BCUT2D eigenvalue weighted by Gasteiger charge is 2.32. The maximum Gasteiger partial charge on any atom is 0.448 e. The molecule has 0 spiro atoms. The first kappa shape index (κ1) is 115. The van der Waals surface area contributed by atoms with Crippen molar-refractivity contribution in [2.24, 2.45) is 35.3 Å². The van der Waals surface area contributed by atoms with E-state index in [-0.39, 0.29) is 41.5 Å². The van der Waals surface area contributed by atoms with Gasteiger partial charge in [0.15, 0.2) is 49.3 Å². The van der Waals surface area contributed by atoms with Gasteiger partial charge in [-0.1, -0.05) is 77.3 Å². The lowest BCUT2D eigenvalue weighted by Gasteiger charge is -2.33. The van der Waals surface area contributed by atoms with Gasteiger partial charge in [-0.25, -0.2) is 49.1 Å². The molecular weight excluding hydrogens is 1880 g/mol. The normalized spacial score (nSPS) is 14.7. The fourth-order valence-electron chi connectivity index (χ4n) is 13.5. The molecule has 47 heteroatoms. The zero-order chi connectivity index (χ0) is 102. The molecule has 4 saturated heterocycles. The highest BCUT2D eigenvalue weighted by Crippen LogP contribution is 2.31. The number of amides is 4. The van der Waals surface area contributed by atoms with E-state index in [1.807, 2.05) is 134 Å². The molecule has 4 aliphatic heterocycles. The maximum atomic E-state index is 12.2. The zero-order valence-corrected chi connectivity index (χ0v) is 85.5. The number of nitrogens with two attached hydrogens (primary N) is 2. The molecule has 0 radical (unpaired) electrons. The van der Waals surface area contributed by atoms with Crippen molar-refractivity contribution < 1.29 is 48.2 Å². The second kappa shape index (κ2) is 57.5. The number of likely N-dealkylation sites (tertiary alicyclic amines) is 4. The van der Waals surface area contributed by atoms with E-state index < -0.39 is 29.5 Å². The van der Waals surface area contributed by atoms with Crippen LogP contribution in [0.1, 0.15) is 206 Å². The molecule has 13 rings (SSSR count). The number of anilines is 9. The molecule has 1 saturated carbocycles. The smallest absolute Gasteiger partial charge is 0.444 e. The molecule has 748 valence electrons. The third kappa shape index (κ3) is 45.6. The number of carbonyl (C=O) groups is 4. The third-order valence-electron chi connectivity index (χ3n) is 20.8. The first-order valence-corrected chi connectivity index (χ1v) is 47.5. The van der Waals surface area contributed by atoms with Gasteiger partial charge in [-0.05, 0) is 224 Å². The Morgan fingerprint density at radius 2 is 0.681 bits per heavy atom. The van der Waals surface area contributed by atoms with Crippen LogP contribution in [0, 0.1) is 91.3 Å². The number of nitrogen functional groups attached to an aromatic ring is 1. The van der Waals surface area contributed by atoms with E-state index in [1.54, 1.807) is 44.7 Å². The van der Waals surface area contributed by atoms with Crippen LogP contribution in [-0.2, 0) is 18.9 Å². The van der Waals surface area contributed by atoms with Gasteiger partial charge in [-0.2, -0.15) is 36.2 Å². The van der Waals surface area contributed by atoms with Gasteiger partial charge >= 0.3 is 31.5 Å². The van der Waals surface area contributed by atoms with Crippen molar-refractivity contribution in [2.75, 3.05) is 123 Å². The zero-order valence-electron chi connectivity index (χ0n) is 81.7. The minimum absolute atomic E-state index is 0.196. The van der Waals surface area contributed by atoms with E-state index in [2.05, 4.69) is 113 Å². The number of ether oxygens (including phenoxy) is 4. The summed E-state index contributed by atoms with van der Waals surface area (Å²) in [5, 5.41) is 102. The molecule has 12 heterocycles. The molecule has 0 atom stereocenters. The molecule has 8 aromatic heterocycles. The van der Waals surface area contributed by atoms with Crippen molar-refractivity contribution in [1.82, 2.24) is 100 Å². The number of hydrogen-bond acceptors (Lipinski definition) is 37. The fraction of sp³-hybridized carbons (Fsp3) is 0.571. The van der Waals surface area contributed by atoms with Gasteiger partial charge in [0.1, 0.15) is 58.1 Å². The number of rotatable bonds is 17. The second-order valence-electron chi connectivity index (χ2n) is 37.1. The number of carbonyl (C=O) groups excluding carboxylic acids is 4. The van der Waals surface area contributed by atoms with Gasteiger partial charge in [0, 0.05) is 103 Å². The summed E-state index contributed by atoms with van der Waals surface area (Å²) in [7, 11) is -1.17. The molecule has 5 fully saturated rings. The van der Waals surface area contributed by atoms with Crippen molar-refractivity contribution >= 4 is 141 Å². The lowest BCUT2D eigenvalue weighted by molar-refractivity contribution is 0.0177. The quantitative estimate of drug-likeness (QED) is 0.0299. The van der Waals surface area contributed by atoms with E-state index in [0.29, 0.717) is 116 Å². The lowest BCUT2D eigenvalue weighted by atomic mass is 9.89. The molecular formula is C91H131BCl5N31O10. The Morgan fingerprint density at radius 3 is 0.986 bits per heavy atom. The van der Waals surface area contributed by atoms with E-state index in [9.17, 15) is 19.2 Å². The molecule has 41 nitrogen and oxygen atoms in total. The molecule has 0 unspecified atom stereocenters. The second-order valence-corrected chi connectivity index (χ2v) is 39.0. The molecule has 0 aromatic carbocycles. The van der Waals surface area contributed by atoms with E-state index in [0.717, 1.165) is 150 Å². The summed E-state index contributed by atoms with van der Waals surface area (Å²) in [6, 6.07) is 14.5. The van der Waals surface area contributed by atoms with Gasteiger partial charge in [0.25, 0.3) is 0 Å². The van der Waals surface area contributed by atoms with Crippen molar-refractivity contribution in [1.29, 1.82) is 15.8 Å². The summed E-state index contributed by atoms with van der Waals surface area (Å²) in [4.78, 5) is 78.6. The van der Waals surface area contributed by atoms with E-state index in [4.69, 9.17) is 114 Å². The van der Waals surface area contributed by atoms with Crippen LogP contribution in [0.3, 0.4) is 0 Å². The van der Waals surface area contributed by atoms with Crippen LogP contribution in [0.2, 0.25) is 32.5 Å². The number of piperidine rings is 4. The van der Waals surface area contributed by atoms with Crippen LogP contribution in [0.25, 0.3) is 0 Å². The summed E-state index contributed by atoms with van der Waals surface area (Å²) in [6.07, 6.45) is 21.8. The molecule has 5 aliphatic rings. The largest absolute Gasteiger partial charge is 0.448 e. The molecule has 8 aromatic rings. The van der Waals surface area contributed by atoms with Crippen molar-refractivity contribution in [3.8, 4) is 18.2 Å². The topological polar surface area (TPSA) is 560 Å². The Balaban J connectivity index is 0.000000253. The van der Waals surface area contributed by atoms with Crippen LogP contribution < -0.4 is 43.4 Å². The Hall–Kier alpha value is -11.8. The Bertz CT molecular complexity index is 5120. The predicted molar refractivity (Wildman–Crippen MR) is 533 cm³/mol. The number of nitrogens with zero attached hydrogens (tertiary/aromatic N) is 23. The number of hydrogen-bond donors (Lipinski definition) is 10. The molecule has 4 amide bonds. The summed E-state index contributed by atoms with van der Waals surface area (Å²) >= 11 is 28.7. The van der Waals surface area contributed by atoms with Crippen molar-refractivity contribution in [3.05, 3.63) is 133 Å². The number of nitrogens with one attached hydrogen (secondary N) is 6. The minimum atomic E-state index is -1.17. The van der Waals surface area contributed by atoms with E-state index in [1.165, 1.54) is 76.1 Å². The van der Waals surface area contributed by atoms with Crippen LogP contribution >= 0.6 is 58.0 Å². The predicted octanol–water partition coefficient (Wildman–Crippen LogP) is 16.5. The monoisotopic (exact) mass is 2000 g/mol. The van der Waals surface area contributed by atoms with Gasteiger partial charge in [-0.3, -0.25) is 0 Å². The van der Waals surface area contributed by atoms with Crippen molar-refractivity contribution in [3.63, 3.8) is 0 Å². The maximum absolute atomic E-state index is 12.2. The van der Waals surface area contributed by atoms with Crippen LogP contribution in [0.4, 0.5) is 71.0 Å². The summed E-state index contributed by atoms with van der Waals surface area (Å²) < 4.78 is 21.6. The first-order chi connectivity index (χ1) is 65.1. The summed E-state index contributed by atoms with van der Waals surface area (Å²) in [5.74, 6) is 5.22. The molecule has 0 bridgehead atoms.